The number of carbonyl (C=O) groups excluding carboxylic acids is 1. The summed E-state index contributed by atoms with van der Waals surface area (Å²) in [4.78, 5) is 23.8. The molecule has 0 saturated heterocycles. The van der Waals surface area contributed by atoms with Gasteiger partial charge in [0.05, 0.1) is 16.4 Å². The molecule has 1 N–H and O–H groups in total. The van der Waals surface area contributed by atoms with E-state index in [4.69, 9.17) is 16.6 Å². The lowest BCUT2D eigenvalue weighted by molar-refractivity contribution is -0.117. The summed E-state index contributed by atoms with van der Waals surface area (Å²) in [5.41, 5.74) is 2.27. The number of nitrogens with one attached hydrogen (secondary N) is 1. The number of aryl methyl sites for hydroxylation is 2. The van der Waals surface area contributed by atoms with Gasteiger partial charge >= 0.3 is 0 Å². The second kappa shape index (κ2) is 8.03. The molecule has 7 heteroatoms. The van der Waals surface area contributed by atoms with E-state index >= 15 is 0 Å². The number of fused-ring (bicyclic) bond motifs is 1. The molecule has 1 amide bonds. The van der Waals surface area contributed by atoms with Gasteiger partial charge in [0.2, 0.25) is 5.91 Å². The van der Waals surface area contributed by atoms with Crippen molar-refractivity contribution in [3.8, 4) is 0 Å². The van der Waals surface area contributed by atoms with Crippen molar-refractivity contribution in [3.05, 3.63) is 46.0 Å². The molecule has 0 unspecified atom stereocenters. The maximum absolute atomic E-state index is 13.8. The highest BCUT2D eigenvalue weighted by Crippen LogP contribution is 2.29. The monoisotopic (exact) mass is 404 g/mol. The Kier molecular flexibility index (Phi) is 5.89. The average Bonchev–Trinajstić information content (AvgIpc) is 2.58. The Balaban J connectivity index is 1.81. The van der Waals surface area contributed by atoms with Gasteiger partial charge in [-0.25, -0.2) is 14.4 Å². The van der Waals surface area contributed by atoms with Crippen LogP contribution in [0, 0.1) is 18.2 Å². The summed E-state index contributed by atoms with van der Waals surface area (Å²) in [6.07, 6.45) is 2.14. The zero-order valence-electron chi connectivity index (χ0n) is 16.8. The second-order valence-electron chi connectivity index (χ2n) is 8.49. The van der Waals surface area contributed by atoms with Crippen LogP contribution >= 0.6 is 11.6 Å². The Morgan fingerprint density at radius 3 is 2.75 bits per heavy atom. The zero-order chi connectivity index (χ0) is 20.5. The van der Waals surface area contributed by atoms with Crippen molar-refractivity contribution in [3.63, 3.8) is 0 Å². The fourth-order valence-corrected chi connectivity index (χ4v) is 3.41. The first-order chi connectivity index (χ1) is 13.1. The molecule has 0 atom stereocenters. The molecule has 5 nitrogen and oxygen atoms in total. The molecule has 0 radical (unpaired) electrons. The SMILES string of the molecule is Cc1nc2c(nc1NC(=O)CC(C)(C)C)CCCN2Cc1ccc(Cl)c(F)c1. The molecule has 0 aliphatic carbocycles. The van der Waals surface area contributed by atoms with E-state index < -0.39 is 5.82 Å². The zero-order valence-corrected chi connectivity index (χ0v) is 17.5. The van der Waals surface area contributed by atoms with Crippen LogP contribution in [0.5, 0.6) is 0 Å². The summed E-state index contributed by atoms with van der Waals surface area (Å²) in [6.45, 7) is 9.26. The molecule has 150 valence electrons. The number of carbonyl (C=O) groups is 1. The highest BCUT2D eigenvalue weighted by atomic mass is 35.5. The molecule has 1 aliphatic rings. The molecule has 3 rings (SSSR count). The summed E-state index contributed by atoms with van der Waals surface area (Å²) < 4.78 is 13.8. The Labute approximate surface area is 170 Å². The largest absolute Gasteiger partial charge is 0.351 e. The quantitative estimate of drug-likeness (QED) is 0.786. The third kappa shape index (κ3) is 4.98. The third-order valence-electron chi connectivity index (χ3n) is 4.57. The standard InChI is InChI=1S/C21H26ClFN4O/c1-13-19(26-18(28)11-21(2,3)4)25-17-6-5-9-27(20(17)24-13)12-14-7-8-15(22)16(23)10-14/h7-8,10H,5-6,9,11-12H2,1-4H3,(H,25,26,28). The van der Waals surface area contributed by atoms with Crippen LogP contribution in [0.4, 0.5) is 16.0 Å². The normalized spacial score (nSPS) is 14.0. The summed E-state index contributed by atoms with van der Waals surface area (Å²) in [5, 5.41) is 3.02. The van der Waals surface area contributed by atoms with Crippen molar-refractivity contribution >= 4 is 29.1 Å². The number of amides is 1. The molecule has 0 spiro atoms. The highest BCUT2D eigenvalue weighted by molar-refractivity contribution is 6.30. The van der Waals surface area contributed by atoms with Crippen molar-refractivity contribution in [2.75, 3.05) is 16.8 Å². The maximum atomic E-state index is 13.8. The number of hydrogen-bond acceptors (Lipinski definition) is 4. The predicted octanol–water partition coefficient (Wildman–Crippen LogP) is 4.91. The minimum absolute atomic E-state index is 0.0610. The van der Waals surface area contributed by atoms with E-state index in [2.05, 4.69) is 15.2 Å². The van der Waals surface area contributed by atoms with E-state index in [9.17, 15) is 9.18 Å². The minimum atomic E-state index is -0.421. The fourth-order valence-electron chi connectivity index (χ4n) is 3.30. The third-order valence-corrected chi connectivity index (χ3v) is 4.88. The molecule has 1 aromatic heterocycles. The molecule has 2 aromatic rings. The molecule has 1 aromatic carbocycles. The molecule has 1 aliphatic heterocycles. The lowest BCUT2D eigenvalue weighted by Crippen LogP contribution is -2.31. The van der Waals surface area contributed by atoms with Gasteiger partial charge in [-0.2, -0.15) is 0 Å². The van der Waals surface area contributed by atoms with Gasteiger partial charge in [0.25, 0.3) is 0 Å². The molecular formula is C21H26ClFN4O. The van der Waals surface area contributed by atoms with Gasteiger partial charge in [-0.05, 0) is 42.9 Å². The smallest absolute Gasteiger partial charge is 0.226 e. The molecule has 2 heterocycles. The van der Waals surface area contributed by atoms with Gasteiger partial charge < -0.3 is 10.2 Å². The first kappa shape index (κ1) is 20.5. The second-order valence-corrected chi connectivity index (χ2v) is 8.89. The van der Waals surface area contributed by atoms with Gasteiger partial charge in [-0.3, -0.25) is 4.79 Å². The van der Waals surface area contributed by atoms with E-state index in [1.165, 1.54) is 6.07 Å². The first-order valence-electron chi connectivity index (χ1n) is 9.48. The van der Waals surface area contributed by atoms with Gasteiger partial charge in [-0.15, -0.1) is 0 Å². The van der Waals surface area contributed by atoms with Crippen LogP contribution in [0.3, 0.4) is 0 Å². The van der Waals surface area contributed by atoms with Crippen LogP contribution < -0.4 is 10.2 Å². The molecule has 0 bridgehead atoms. The van der Waals surface area contributed by atoms with Gasteiger partial charge in [-0.1, -0.05) is 38.4 Å². The van der Waals surface area contributed by atoms with E-state index in [0.717, 1.165) is 36.5 Å². The van der Waals surface area contributed by atoms with Crippen LogP contribution in [-0.4, -0.2) is 22.4 Å². The summed E-state index contributed by atoms with van der Waals surface area (Å²) in [5.74, 6) is 0.838. The van der Waals surface area contributed by atoms with Crippen LogP contribution in [-0.2, 0) is 17.8 Å². The van der Waals surface area contributed by atoms with Crippen molar-refractivity contribution < 1.29 is 9.18 Å². The summed E-state index contributed by atoms with van der Waals surface area (Å²) >= 11 is 5.78. The van der Waals surface area contributed by atoms with Crippen LogP contribution in [0.1, 0.15) is 50.6 Å². The van der Waals surface area contributed by atoms with Crippen molar-refractivity contribution in [1.82, 2.24) is 9.97 Å². The van der Waals surface area contributed by atoms with Gasteiger partial charge in [0, 0.05) is 19.5 Å². The van der Waals surface area contributed by atoms with Crippen LogP contribution in [0.2, 0.25) is 5.02 Å². The van der Waals surface area contributed by atoms with Crippen LogP contribution in [0.15, 0.2) is 18.2 Å². The van der Waals surface area contributed by atoms with E-state index in [1.807, 2.05) is 33.8 Å². The number of anilines is 2. The summed E-state index contributed by atoms with van der Waals surface area (Å²) in [6, 6.07) is 4.85. The fraction of sp³-hybridized carbons (Fsp3) is 0.476. The number of nitrogens with zero attached hydrogens (tertiary/aromatic N) is 3. The van der Waals surface area contributed by atoms with E-state index in [1.54, 1.807) is 6.07 Å². The highest BCUT2D eigenvalue weighted by Gasteiger charge is 2.23. The Bertz CT molecular complexity index is 895. The lowest BCUT2D eigenvalue weighted by atomic mass is 9.92. The molecular weight excluding hydrogens is 379 g/mol. The Morgan fingerprint density at radius 2 is 2.07 bits per heavy atom. The maximum Gasteiger partial charge on any atom is 0.226 e. The van der Waals surface area contributed by atoms with Gasteiger partial charge in [0.1, 0.15) is 5.82 Å². The Hall–Kier alpha value is -2.21. The molecule has 28 heavy (non-hydrogen) atoms. The van der Waals surface area contributed by atoms with Crippen molar-refractivity contribution in [2.45, 2.75) is 53.5 Å². The average molecular weight is 405 g/mol. The number of hydrogen-bond donors (Lipinski definition) is 1. The molecule has 0 saturated carbocycles. The number of rotatable bonds is 4. The first-order valence-corrected chi connectivity index (χ1v) is 9.86. The van der Waals surface area contributed by atoms with Crippen LogP contribution in [0.25, 0.3) is 0 Å². The van der Waals surface area contributed by atoms with Crippen molar-refractivity contribution in [2.24, 2.45) is 5.41 Å². The van der Waals surface area contributed by atoms with Gasteiger partial charge in [0.15, 0.2) is 11.6 Å². The van der Waals surface area contributed by atoms with E-state index in [0.29, 0.717) is 24.5 Å². The van der Waals surface area contributed by atoms with Crippen molar-refractivity contribution in [1.29, 1.82) is 0 Å². The molecule has 0 fully saturated rings. The summed E-state index contributed by atoms with van der Waals surface area (Å²) in [7, 11) is 0. The predicted molar refractivity (Wildman–Crippen MR) is 110 cm³/mol. The number of halogens is 2. The Morgan fingerprint density at radius 1 is 1.32 bits per heavy atom. The topological polar surface area (TPSA) is 58.1 Å². The lowest BCUT2D eigenvalue weighted by Gasteiger charge is -2.30. The number of aromatic nitrogens is 2. The number of benzene rings is 1. The minimum Gasteiger partial charge on any atom is -0.351 e. The van der Waals surface area contributed by atoms with E-state index in [-0.39, 0.29) is 16.3 Å².